The van der Waals surface area contributed by atoms with Crippen molar-refractivity contribution in [3.05, 3.63) is 99.4 Å². The SMILES string of the molecule is Cc1cc(-c2c(-c3ccc(S(C)(=O)=O)cc3)cnn(-c3ccc(F)c(Cl)c3)c2=O)ccc1F. The van der Waals surface area contributed by atoms with Gasteiger partial charge in [-0.3, -0.25) is 4.79 Å². The van der Waals surface area contributed by atoms with Crippen LogP contribution in [0.2, 0.25) is 5.02 Å². The lowest BCUT2D eigenvalue weighted by atomic mass is 9.96. The van der Waals surface area contributed by atoms with E-state index >= 15 is 0 Å². The Kier molecular flexibility index (Phi) is 5.90. The molecule has 0 unspecified atom stereocenters. The molecule has 4 aromatic rings. The summed E-state index contributed by atoms with van der Waals surface area (Å²) < 4.78 is 52.2. The second kappa shape index (κ2) is 8.53. The molecule has 4 rings (SSSR count). The average molecular weight is 487 g/mol. The predicted octanol–water partition coefficient (Wildman–Crippen LogP) is 5.21. The van der Waals surface area contributed by atoms with Crippen molar-refractivity contribution >= 4 is 21.4 Å². The van der Waals surface area contributed by atoms with Gasteiger partial charge in [-0.25, -0.2) is 17.2 Å². The minimum atomic E-state index is -3.40. The van der Waals surface area contributed by atoms with Crippen LogP contribution in [0, 0.1) is 18.6 Å². The second-order valence-electron chi connectivity index (χ2n) is 7.51. The Hall–Kier alpha value is -3.36. The summed E-state index contributed by atoms with van der Waals surface area (Å²) in [6.45, 7) is 1.58. The summed E-state index contributed by atoms with van der Waals surface area (Å²) in [6, 6.07) is 14.1. The van der Waals surface area contributed by atoms with Gasteiger partial charge in [0, 0.05) is 11.8 Å². The van der Waals surface area contributed by atoms with Crippen LogP contribution in [-0.4, -0.2) is 24.5 Å². The largest absolute Gasteiger partial charge is 0.280 e. The van der Waals surface area contributed by atoms with Crippen molar-refractivity contribution < 1.29 is 17.2 Å². The number of nitrogens with zero attached hydrogens (tertiary/aromatic N) is 2. The van der Waals surface area contributed by atoms with E-state index in [0.717, 1.165) is 17.0 Å². The van der Waals surface area contributed by atoms with Crippen LogP contribution in [0.25, 0.3) is 27.9 Å². The van der Waals surface area contributed by atoms with Crippen LogP contribution < -0.4 is 5.56 Å². The first kappa shape index (κ1) is 22.8. The standard InChI is InChI=1S/C24H17ClF2N2O3S/c1-14-11-16(5-9-21(14)26)23-19(15-3-7-18(8-4-15)33(2,31)32)13-28-29(24(23)30)17-6-10-22(27)20(25)12-17/h3-13H,1-2H3. The highest BCUT2D eigenvalue weighted by Gasteiger charge is 2.18. The third kappa shape index (κ3) is 4.44. The van der Waals surface area contributed by atoms with E-state index in [2.05, 4.69) is 5.10 Å². The number of rotatable bonds is 4. The Morgan fingerprint density at radius 3 is 2.15 bits per heavy atom. The lowest BCUT2D eigenvalue weighted by molar-refractivity contribution is 0.602. The number of hydrogen-bond acceptors (Lipinski definition) is 4. The zero-order valence-corrected chi connectivity index (χ0v) is 19.1. The number of aryl methyl sites for hydroxylation is 1. The number of aromatic nitrogens is 2. The molecule has 1 aromatic heterocycles. The highest BCUT2D eigenvalue weighted by Crippen LogP contribution is 2.31. The molecule has 0 atom stereocenters. The molecule has 0 bridgehead atoms. The lowest BCUT2D eigenvalue weighted by Crippen LogP contribution is -2.23. The first-order valence-electron chi connectivity index (χ1n) is 9.71. The fraction of sp³-hybridized carbons (Fsp3) is 0.0833. The van der Waals surface area contributed by atoms with Crippen molar-refractivity contribution in [3.8, 4) is 27.9 Å². The van der Waals surface area contributed by atoms with Crippen LogP contribution in [0.3, 0.4) is 0 Å². The topological polar surface area (TPSA) is 69.0 Å². The van der Waals surface area contributed by atoms with Crippen LogP contribution in [0.5, 0.6) is 0 Å². The fourth-order valence-electron chi connectivity index (χ4n) is 3.43. The summed E-state index contributed by atoms with van der Waals surface area (Å²) in [7, 11) is -3.40. The molecular weight excluding hydrogens is 470 g/mol. The van der Waals surface area contributed by atoms with Crippen molar-refractivity contribution in [2.75, 3.05) is 6.26 Å². The highest BCUT2D eigenvalue weighted by molar-refractivity contribution is 7.90. The minimum absolute atomic E-state index is 0.132. The molecule has 33 heavy (non-hydrogen) atoms. The second-order valence-corrected chi connectivity index (χ2v) is 9.93. The van der Waals surface area contributed by atoms with E-state index in [1.165, 1.54) is 42.6 Å². The van der Waals surface area contributed by atoms with E-state index in [0.29, 0.717) is 22.3 Å². The molecule has 0 radical (unpaired) electrons. The van der Waals surface area contributed by atoms with E-state index in [4.69, 9.17) is 11.6 Å². The van der Waals surface area contributed by atoms with Gasteiger partial charge < -0.3 is 0 Å². The summed E-state index contributed by atoms with van der Waals surface area (Å²) in [4.78, 5) is 13.7. The molecule has 9 heteroatoms. The number of halogens is 3. The minimum Gasteiger partial charge on any atom is -0.267 e. The molecule has 1 heterocycles. The Morgan fingerprint density at radius 1 is 0.909 bits per heavy atom. The zero-order chi connectivity index (χ0) is 23.9. The maximum Gasteiger partial charge on any atom is 0.280 e. The first-order chi connectivity index (χ1) is 15.6. The number of hydrogen-bond donors (Lipinski definition) is 0. The van der Waals surface area contributed by atoms with Gasteiger partial charge in [0.05, 0.1) is 27.4 Å². The molecule has 0 aliphatic heterocycles. The number of sulfone groups is 1. The Labute approximate surface area is 193 Å². The van der Waals surface area contributed by atoms with E-state index in [9.17, 15) is 22.0 Å². The molecule has 0 aliphatic rings. The van der Waals surface area contributed by atoms with E-state index in [1.54, 1.807) is 25.1 Å². The molecule has 0 amide bonds. The summed E-state index contributed by atoms with van der Waals surface area (Å²) in [5.41, 5.74) is 1.71. The Bertz CT molecular complexity index is 1550. The Balaban J connectivity index is 1.98. The summed E-state index contributed by atoms with van der Waals surface area (Å²) >= 11 is 5.88. The lowest BCUT2D eigenvalue weighted by Gasteiger charge is -2.14. The van der Waals surface area contributed by atoms with E-state index in [1.807, 2.05) is 0 Å². The van der Waals surface area contributed by atoms with Gasteiger partial charge in [-0.2, -0.15) is 9.78 Å². The highest BCUT2D eigenvalue weighted by atomic mass is 35.5. The van der Waals surface area contributed by atoms with Gasteiger partial charge in [0.2, 0.25) is 0 Å². The summed E-state index contributed by atoms with van der Waals surface area (Å²) in [5.74, 6) is -1.05. The van der Waals surface area contributed by atoms with Crippen molar-refractivity contribution in [3.63, 3.8) is 0 Å². The molecule has 0 aliphatic carbocycles. The maximum atomic E-state index is 13.9. The normalized spacial score (nSPS) is 11.5. The first-order valence-corrected chi connectivity index (χ1v) is 12.0. The summed E-state index contributed by atoms with van der Waals surface area (Å²) in [6.07, 6.45) is 2.55. The predicted molar refractivity (Wildman–Crippen MR) is 123 cm³/mol. The molecular formula is C24H17ClF2N2O3S. The van der Waals surface area contributed by atoms with Crippen LogP contribution in [-0.2, 0) is 9.84 Å². The monoisotopic (exact) mass is 486 g/mol. The van der Waals surface area contributed by atoms with Gasteiger partial charge in [-0.15, -0.1) is 0 Å². The smallest absolute Gasteiger partial charge is 0.267 e. The Morgan fingerprint density at radius 2 is 1.55 bits per heavy atom. The molecule has 3 aromatic carbocycles. The zero-order valence-electron chi connectivity index (χ0n) is 17.5. The van der Waals surface area contributed by atoms with E-state index in [-0.39, 0.29) is 21.2 Å². The van der Waals surface area contributed by atoms with Crippen LogP contribution in [0.1, 0.15) is 5.56 Å². The van der Waals surface area contributed by atoms with Crippen molar-refractivity contribution in [1.29, 1.82) is 0 Å². The van der Waals surface area contributed by atoms with E-state index < -0.39 is 27.0 Å². The maximum absolute atomic E-state index is 13.9. The van der Waals surface area contributed by atoms with Crippen LogP contribution >= 0.6 is 11.6 Å². The van der Waals surface area contributed by atoms with Crippen molar-refractivity contribution in [2.45, 2.75) is 11.8 Å². The molecule has 0 saturated heterocycles. The number of benzene rings is 3. The molecule has 0 fully saturated rings. The van der Waals surface area contributed by atoms with Crippen LogP contribution in [0.4, 0.5) is 8.78 Å². The average Bonchev–Trinajstić information content (AvgIpc) is 2.77. The van der Waals surface area contributed by atoms with Gasteiger partial charge in [0.25, 0.3) is 5.56 Å². The fourth-order valence-corrected chi connectivity index (χ4v) is 4.24. The molecule has 0 saturated carbocycles. The van der Waals surface area contributed by atoms with Crippen molar-refractivity contribution in [1.82, 2.24) is 9.78 Å². The van der Waals surface area contributed by atoms with Gasteiger partial charge in [-0.05, 0) is 66.1 Å². The van der Waals surface area contributed by atoms with Crippen molar-refractivity contribution in [2.24, 2.45) is 0 Å². The molecule has 168 valence electrons. The summed E-state index contributed by atoms with van der Waals surface area (Å²) in [5, 5.41) is 4.06. The van der Waals surface area contributed by atoms with Gasteiger partial charge >= 0.3 is 0 Å². The quantitative estimate of drug-likeness (QED) is 0.397. The third-order valence-corrected chi connectivity index (χ3v) is 6.58. The van der Waals surface area contributed by atoms with Crippen LogP contribution in [0.15, 0.2) is 76.6 Å². The van der Waals surface area contributed by atoms with Gasteiger partial charge in [0.1, 0.15) is 11.6 Å². The van der Waals surface area contributed by atoms with Gasteiger partial charge in [0.15, 0.2) is 9.84 Å². The third-order valence-electron chi connectivity index (χ3n) is 5.17. The molecule has 0 N–H and O–H groups in total. The molecule has 5 nitrogen and oxygen atoms in total. The van der Waals surface area contributed by atoms with Gasteiger partial charge in [-0.1, -0.05) is 29.8 Å². The molecule has 0 spiro atoms.